The third-order valence-corrected chi connectivity index (χ3v) is 10.1. The number of anilines is 1. The molecular weight excluding hydrogens is 578 g/mol. The number of nitrogens with one attached hydrogen (secondary N) is 1. The van der Waals surface area contributed by atoms with E-state index in [2.05, 4.69) is 5.32 Å². The minimum absolute atomic E-state index is 0.00712. The average molecular weight is 608 g/mol. The van der Waals surface area contributed by atoms with Crippen molar-refractivity contribution in [2.24, 2.45) is 0 Å². The lowest BCUT2D eigenvalue weighted by Gasteiger charge is -2.26. The van der Waals surface area contributed by atoms with Crippen molar-refractivity contribution in [2.75, 3.05) is 50.3 Å². The maximum absolute atomic E-state index is 13.4. The highest BCUT2D eigenvalue weighted by Gasteiger charge is 2.28. The second-order valence-electron chi connectivity index (χ2n) is 8.99. The van der Waals surface area contributed by atoms with Gasteiger partial charge in [-0.1, -0.05) is 29.3 Å². The molecule has 0 aromatic heterocycles. The normalized spacial score (nSPS) is 14.4. The van der Waals surface area contributed by atoms with Crippen molar-refractivity contribution in [1.29, 1.82) is 0 Å². The van der Waals surface area contributed by atoms with Gasteiger partial charge in [-0.15, -0.1) is 0 Å². The van der Waals surface area contributed by atoms with E-state index in [4.69, 9.17) is 21.1 Å². The fourth-order valence-corrected chi connectivity index (χ4v) is 6.90. The molecule has 1 amide bonds. The van der Waals surface area contributed by atoms with Crippen LogP contribution in [-0.4, -0.2) is 73.0 Å². The first kappa shape index (κ1) is 29.8. The van der Waals surface area contributed by atoms with E-state index in [1.807, 2.05) is 6.92 Å². The van der Waals surface area contributed by atoms with Crippen LogP contribution in [0.5, 0.6) is 5.75 Å². The fourth-order valence-electron chi connectivity index (χ4n) is 3.95. The molecule has 13 heteroatoms. The molecule has 10 nitrogen and oxygen atoms in total. The van der Waals surface area contributed by atoms with Crippen LogP contribution in [0.3, 0.4) is 0 Å². The van der Waals surface area contributed by atoms with Crippen LogP contribution in [0.25, 0.3) is 0 Å². The van der Waals surface area contributed by atoms with E-state index in [1.165, 1.54) is 40.7 Å². The molecule has 3 aromatic carbocycles. The maximum Gasteiger partial charge on any atom is 0.264 e. The number of benzene rings is 3. The van der Waals surface area contributed by atoms with Crippen LogP contribution in [0.4, 0.5) is 5.69 Å². The summed E-state index contributed by atoms with van der Waals surface area (Å²) in [6.07, 6.45) is 0. The number of rotatable bonds is 11. The van der Waals surface area contributed by atoms with Gasteiger partial charge in [0, 0.05) is 18.1 Å². The first-order valence-corrected chi connectivity index (χ1v) is 15.8. The predicted octanol–water partition coefficient (Wildman–Crippen LogP) is 3.06. The molecular formula is C27H30ClN3O7S2. The molecule has 0 unspecified atom stereocenters. The number of amides is 1. The lowest BCUT2D eigenvalue weighted by atomic mass is 10.2. The zero-order chi connectivity index (χ0) is 28.8. The number of sulfonamides is 2. The molecule has 0 aliphatic carbocycles. The van der Waals surface area contributed by atoms with Crippen LogP contribution >= 0.6 is 11.6 Å². The maximum atomic E-state index is 13.4. The summed E-state index contributed by atoms with van der Waals surface area (Å²) in [5, 5.41) is 3.07. The van der Waals surface area contributed by atoms with Crippen molar-refractivity contribution >= 4 is 43.2 Å². The number of nitrogens with zero attached hydrogens (tertiary/aromatic N) is 2. The molecule has 1 saturated heterocycles. The first-order chi connectivity index (χ1) is 19.1. The molecule has 0 atom stereocenters. The SMILES string of the molecule is Cc1ccc(N(CC(=O)NCCOc2ccc(S(=O)(=O)N3CCOCC3)cc2)S(=O)(=O)c2ccc(Cl)cc2)cc1. The summed E-state index contributed by atoms with van der Waals surface area (Å²) in [4.78, 5) is 12.9. The molecule has 0 radical (unpaired) electrons. The lowest BCUT2D eigenvalue weighted by Crippen LogP contribution is -2.41. The summed E-state index contributed by atoms with van der Waals surface area (Å²) in [7, 11) is -7.66. The summed E-state index contributed by atoms with van der Waals surface area (Å²) < 4.78 is 65.6. The zero-order valence-corrected chi connectivity index (χ0v) is 24.2. The van der Waals surface area contributed by atoms with Gasteiger partial charge in [0.15, 0.2) is 0 Å². The number of ether oxygens (including phenoxy) is 2. The molecule has 0 spiro atoms. The third-order valence-electron chi connectivity index (χ3n) is 6.14. The van der Waals surface area contributed by atoms with Gasteiger partial charge in [-0.05, 0) is 67.6 Å². The van der Waals surface area contributed by atoms with E-state index in [1.54, 1.807) is 36.4 Å². The second kappa shape index (κ2) is 13.0. The average Bonchev–Trinajstić information content (AvgIpc) is 2.95. The van der Waals surface area contributed by atoms with Gasteiger partial charge in [0.25, 0.3) is 10.0 Å². The Kier molecular flexibility index (Phi) is 9.69. The van der Waals surface area contributed by atoms with E-state index in [0.29, 0.717) is 42.8 Å². The van der Waals surface area contributed by atoms with Crippen molar-refractivity contribution in [1.82, 2.24) is 9.62 Å². The topological polar surface area (TPSA) is 122 Å². The molecule has 0 bridgehead atoms. The Morgan fingerprint density at radius 2 is 1.52 bits per heavy atom. The summed E-state index contributed by atoms with van der Waals surface area (Å²) >= 11 is 5.92. The van der Waals surface area contributed by atoms with Crippen molar-refractivity contribution < 1.29 is 31.1 Å². The third kappa shape index (κ3) is 7.32. The van der Waals surface area contributed by atoms with Gasteiger partial charge in [0.1, 0.15) is 18.9 Å². The monoisotopic (exact) mass is 607 g/mol. The minimum Gasteiger partial charge on any atom is -0.492 e. The van der Waals surface area contributed by atoms with E-state index in [9.17, 15) is 21.6 Å². The Labute approximate surface area is 239 Å². The van der Waals surface area contributed by atoms with Gasteiger partial charge < -0.3 is 14.8 Å². The van der Waals surface area contributed by atoms with Crippen molar-refractivity contribution in [3.63, 3.8) is 0 Å². The van der Waals surface area contributed by atoms with Crippen molar-refractivity contribution in [3.05, 3.63) is 83.4 Å². The van der Waals surface area contributed by atoms with Crippen LogP contribution < -0.4 is 14.4 Å². The molecule has 1 fully saturated rings. The Balaban J connectivity index is 1.35. The van der Waals surface area contributed by atoms with Crippen LogP contribution in [0, 0.1) is 6.92 Å². The van der Waals surface area contributed by atoms with Crippen molar-refractivity contribution in [2.45, 2.75) is 16.7 Å². The van der Waals surface area contributed by atoms with Gasteiger partial charge >= 0.3 is 0 Å². The summed E-state index contributed by atoms with van der Waals surface area (Å²) in [6, 6.07) is 18.6. The van der Waals surface area contributed by atoms with E-state index in [-0.39, 0.29) is 22.9 Å². The summed E-state index contributed by atoms with van der Waals surface area (Å²) in [5.41, 5.74) is 1.29. The predicted molar refractivity (Wildman–Crippen MR) is 152 cm³/mol. The van der Waals surface area contributed by atoms with Crippen LogP contribution in [-0.2, 0) is 29.6 Å². The van der Waals surface area contributed by atoms with Gasteiger partial charge in [0.05, 0.1) is 35.2 Å². The number of halogens is 1. The quantitative estimate of drug-likeness (QED) is 0.332. The van der Waals surface area contributed by atoms with Gasteiger partial charge in [0.2, 0.25) is 15.9 Å². The molecule has 1 heterocycles. The first-order valence-electron chi connectivity index (χ1n) is 12.5. The standard InChI is InChI=1S/C27H30ClN3O7S2/c1-21-2-6-23(7-3-21)31(40(35,36)26-10-4-22(28)5-11-26)20-27(32)29-14-17-38-24-8-12-25(13-9-24)39(33,34)30-15-18-37-19-16-30/h2-13H,14-20H2,1H3,(H,29,32). The second-order valence-corrected chi connectivity index (χ2v) is 13.2. The molecule has 0 saturated carbocycles. The number of hydrogen-bond donors (Lipinski definition) is 1. The minimum atomic E-state index is -4.05. The smallest absolute Gasteiger partial charge is 0.264 e. The molecule has 4 rings (SSSR count). The Hall–Kier alpha value is -3.16. The highest BCUT2D eigenvalue weighted by molar-refractivity contribution is 7.92. The summed E-state index contributed by atoms with van der Waals surface area (Å²) in [6.45, 7) is 2.98. The van der Waals surface area contributed by atoms with Gasteiger partial charge in [-0.25, -0.2) is 16.8 Å². The van der Waals surface area contributed by atoms with Crippen LogP contribution in [0.1, 0.15) is 5.56 Å². The largest absolute Gasteiger partial charge is 0.492 e. The highest BCUT2D eigenvalue weighted by Crippen LogP contribution is 2.25. The Morgan fingerprint density at radius 1 is 0.925 bits per heavy atom. The number of carbonyl (C=O) groups is 1. The van der Waals surface area contributed by atoms with Crippen molar-refractivity contribution in [3.8, 4) is 5.75 Å². The summed E-state index contributed by atoms with van der Waals surface area (Å²) in [5.74, 6) is -0.0876. The van der Waals surface area contributed by atoms with E-state index >= 15 is 0 Å². The van der Waals surface area contributed by atoms with E-state index in [0.717, 1.165) is 9.87 Å². The Morgan fingerprint density at radius 3 is 2.15 bits per heavy atom. The number of carbonyl (C=O) groups excluding carboxylic acids is 1. The molecule has 3 aromatic rings. The van der Waals surface area contributed by atoms with E-state index < -0.39 is 32.5 Å². The van der Waals surface area contributed by atoms with Crippen LogP contribution in [0.2, 0.25) is 5.02 Å². The Bertz CT molecular complexity index is 1510. The molecule has 214 valence electrons. The number of aryl methyl sites for hydroxylation is 1. The molecule has 1 aliphatic heterocycles. The molecule has 40 heavy (non-hydrogen) atoms. The zero-order valence-electron chi connectivity index (χ0n) is 21.8. The highest BCUT2D eigenvalue weighted by atomic mass is 35.5. The molecule has 1 aliphatic rings. The fraction of sp³-hybridized carbons (Fsp3) is 0.296. The van der Waals surface area contributed by atoms with Gasteiger partial charge in [-0.3, -0.25) is 9.10 Å². The van der Waals surface area contributed by atoms with Crippen LogP contribution in [0.15, 0.2) is 82.6 Å². The number of hydrogen-bond acceptors (Lipinski definition) is 7. The number of morpholine rings is 1. The lowest BCUT2D eigenvalue weighted by molar-refractivity contribution is -0.119. The van der Waals surface area contributed by atoms with Gasteiger partial charge in [-0.2, -0.15) is 4.31 Å². The molecule has 1 N–H and O–H groups in total.